The Labute approximate surface area is 124 Å². The summed E-state index contributed by atoms with van der Waals surface area (Å²) in [6, 6.07) is 3.12. The van der Waals surface area contributed by atoms with Crippen molar-refractivity contribution < 1.29 is 23.8 Å². The van der Waals surface area contributed by atoms with E-state index >= 15 is 0 Å². The van der Waals surface area contributed by atoms with E-state index in [-0.39, 0.29) is 30.9 Å². The predicted octanol–water partition coefficient (Wildman–Crippen LogP) is -0.00840. The second kappa shape index (κ2) is 6.87. The number of hydrogen-bond donors (Lipinski definition) is 2. The molecule has 0 spiro atoms. The number of ether oxygens (including phenoxy) is 1. The van der Waals surface area contributed by atoms with Crippen molar-refractivity contribution in [3.05, 3.63) is 22.6 Å². The van der Waals surface area contributed by atoms with Crippen LogP contribution in [0.1, 0.15) is 10.6 Å². The normalized spacial score (nSPS) is 18.9. The van der Waals surface area contributed by atoms with E-state index in [4.69, 9.17) is 14.3 Å². The fraction of sp³-hybridized carbons (Fsp3) is 0.500. The van der Waals surface area contributed by atoms with Crippen molar-refractivity contribution in [2.75, 3.05) is 32.8 Å². The van der Waals surface area contributed by atoms with Gasteiger partial charge in [0.25, 0.3) is 5.91 Å². The summed E-state index contributed by atoms with van der Waals surface area (Å²) in [4.78, 5) is 25.2. The smallest absolute Gasteiger partial charge is 0.287 e. The van der Waals surface area contributed by atoms with E-state index in [2.05, 4.69) is 21.2 Å². The predicted molar refractivity (Wildman–Crippen MR) is 72.1 cm³/mol. The van der Waals surface area contributed by atoms with Crippen LogP contribution >= 0.6 is 15.9 Å². The van der Waals surface area contributed by atoms with Crippen molar-refractivity contribution in [2.24, 2.45) is 0 Å². The van der Waals surface area contributed by atoms with Crippen molar-refractivity contribution in [2.45, 2.75) is 6.10 Å². The third-order valence-electron chi connectivity index (χ3n) is 2.89. The van der Waals surface area contributed by atoms with E-state index in [1.807, 2.05) is 0 Å². The molecule has 2 N–H and O–H groups in total. The molecule has 1 fully saturated rings. The van der Waals surface area contributed by atoms with Gasteiger partial charge in [0.15, 0.2) is 10.4 Å². The zero-order valence-electron chi connectivity index (χ0n) is 10.7. The second-order valence-corrected chi connectivity index (χ2v) is 5.08. The summed E-state index contributed by atoms with van der Waals surface area (Å²) in [7, 11) is 0. The highest BCUT2D eigenvalue weighted by Gasteiger charge is 2.24. The standard InChI is InChI=1S/C12H15BrN2O5/c13-10-2-1-9(20-10)12(18)14-5-11(17)15-3-4-19-8(6-15)7-16/h1-2,8,16H,3-7H2,(H,14,18). The maximum atomic E-state index is 11.9. The third kappa shape index (κ3) is 3.81. The van der Waals surface area contributed by atoms with Gasteiger partial charge in [0.05, 0.1) is 25.9 Å². The lowest BCUT2D eigenvalue weighted by molar-refractivity contribution is -0.139. The van der Waals surface area contributed by atoms with Gasteiger partial charge in [-0.05, 0) is 28.1 Å². The van der Waals surface area contributed by atoms with Crippen LogP contribution in [0.25, 0.3) is 0 Å². The molecule has 1 atom stereocenters. The van der Waals surface area contributed by atoms with Gasteiger partial charge in [0.1, 0.15) is 0 Å². The Morgan fingerprint density at radius 1 is 1.50 bits per heavy atom. The maximum absolute atomic E-state index is 11.9. The van der Waals surface area contributed by atoms with E-state index in [1.54, 1.807) is 11.0 Å². The van der Waals surface area contributed by atoms with Gasteiger partial charge in [0.2, 0.25) is 5.91 Å². The number of amides is 2. The number of carbonyl (C=O) groups excluding carboxylic acids is 2. The van der Waals surface area contributed by atoms with Crippen LogP contribution < -0.4 is 5.32 Å². The minimum absolute atomic E-state index is 0.116. The molecule has 8 heteroatoms. The van der Waals surface area contributed by atoms with Crippen LogP contribution in [-0.4, -0.2) is 60.8 Å². The molecule has 7 nitrogen and oxygen atoms in total. The van der Waals surface area contributed by atoms with Crippen molar-refractivity contribution in [3.63, 3.8) is 0 Å². The van der Waals surface area contributed by atoms with Gasteiger partial charge >= 0.3 is 0 Å². The summed E-state index contributed by atoms with van der Waals surface area (Å²) >= 11 is 3.10. The van der Waals surface area contributed by atoms with Crippen LogP contribution in [0.5, 0.6) is 0 Å². The number of hydrogen-bond acceptors (Lipinski definition) is 5. The average Bonchev–Trinajstić information content (AvgIpc) is 2.91. The van der Waals surface area contributed by atoms with Crippen LogP contribution in [0.2, 0.25) is 0 Å². The van der Waals surface area contributed by atoms with Crippen LogP contribution in [0.3, 0.4) is 0 Å². The highest BCUT2D eigenvalue weighted by molar-refractivity contribution is 9.10. The summed E-state index contributed by atoms with van der Waals surface area (Å²) in [6.07, 6.45) is -0.357. The molecule has 1 aromatic rings. The molecule has 2 rings (SSSR count). The molecule has 110 valence electrons. The van der Waals surface area contributed by atoms with Crippen molar-refractivity contribution in [3.8, 4) is 0 Å². The average molecular weight is 347 g/mol. The number of furan rings is 1. The number of carbonyl (C=O) groups is 2. The van der Waals surface area contributed by atoms with E-state index in [0.717, 1.165) is 0 Å². The number of halogens is 1. The Bertz CT molecular complexity index is 490. The minimum Gasteiger partial charge on any atom is -0.444 e. The van der Waals surface area contributed by atoms with Gasteiger partial charge in [-0.1, -0.05) is 0 Å². The van der Waals surface area contributed by atoms with Crippen molar-refractivity contribution in [1.82, 2.24) is 10.2 Å². The number of aliphatic hydroxyl groups is 1. The summed E-state index contributed by atoms with van der Waals surface area (Å²) in [5, 5.41) is 11.5. The van der Waals surface area contributed by atoms with E-state index in [0.29, 0.717) is 24.4 Å². The molecule has 0 aliphatic carbocycles. The topological polar surface area (TPSA) is 92.0 Å². The summed E-state index contributed by atoms with van der Waals surface area (Å²) < 4.78 is 10.8. The quantitative estimate of drug-likeness (QED) is 0.800. The van der Waals surface area contributed by atoms with Crippen molar-refractivity contribution in [1.29, 1.82) is 0 Å². The van der Waals surface area contributed by atoms with Gasteiger partial charge in [-0.3, -0.25) is 9.59 Å². The first kappa shape index (κ1) is 15.0. The maximum Gasteiger partial charge on any atom is 0.287 e. The first-order valence-electron chi connectivity index (χ1n) is 6.14. The molecular weight excluding hydrogens is 332 g/mol. The fourth-order valence-electron chi connectivity index (χ4n) is 1.85. The molecule has 1 unspecified atom stereocenters. The summed E-state index contributed by atoms with van der Waals surface area (Å²) in [6.45, 7) is 0.927. The SMILES string of the molecule is O=C(NCC(=O)N1CCOC(CO)C1)c1ccc(Br)o1. The summed E-state index contributed by atoms with van der Waals surface area (Å²) in [5.41, 5.74) is 0. The Hall–Kier alpha value is -1.38. The Morgan fingerprint density at radius 3 is 2.95 bits per heavy atom. The molecule has 1 aliphatic heterocycles. The molecule has 1 saturated heterocycles. The lowest BCUT2D eigenvalue weighted by Crippen LogP contribution is -2.49. The highest BCUT2D eigenvalue weighted by atomic mass is 79.9. The zero-order chi connectivity index (χ0) is 14.5. The van der Waals surface area contributed by atoms with E-state index in [1.165, 1.54) is 6.07 Å². The Kier molecular flexibility index (Phi) is 5.16. The fourth-order valence-corrected chi connectivity index (χ4v) is 2.15. The molecule has 0 aromatic carbocycles. The number of aliphatic hydroxyl groups excluding tert-OH is 1. The zero-order valence-corrected chi connectivity index (χ0v) is 12.3. The van der Waals surface area contributed by atoms with Gasteiger partial charge in [-0.25, -0.2) is 0 Å². The third-order valence-corrected chi connectivity index (χ3v) is 3.32. The molecule has 0 saturated carbocycles. The molecule has 2 heterocycles. The molecule has 2 amide bonds. The van der Waals surface area contributed by atoms with Gasteiger partial charge in [-0.15, -0.1) is 0 Å². The number of rotatable bonds is 4. The van der Waals surface area contributed by atoms with Crippen LogP contribution in [0, 0.1) is 0 Å². The Morgan fingerprint density at radius 2 is 2.30 bits per heavy atom. The van der Waals surface area contributed by atoms with Gasteiger partial charge in [-0.2, -0.15) is 0 Å². The summed E-state index contributed by atoms with van der Waals surface area (Å²) in [5.74, 6) is -0.526. The van der Waals surface area contributed by atoms with Crippen LogP contribution in [0.4, 0.5) is 0 Å². The lowest BCUT2D eigenvalue weighted by atomic mass is 10.3. The molecule has 0 radical (unpaired) electrons. The number of morpholine rings is 1. The van der Waals surface area contributed by atoms with E-state index < -0.39 is 5.91 Å². The first-order valence-corrected chi connectivity index (χ1v) is 6.93. The Balaban J connectivity index is 1.81. The molecule has 1 aliphatic rings. The molecule has 1 aromatic heterocycles. The largest absolute Gasteiger partial charge is 0.444 e. The molecule has 20 heavy (non-hydrogen) atoms. The monoisotopic (exact) mass is 346 g/mol. The lowest BCUT2D eigenvalue weighted by Gasteiger charge is -2.32. The minimum atomic E-state index is -0.448. The second-order valence-electron chi connectivity index (χ2n) is 4.30. The van der Waals surface area contributed by atoms with Crippen molar-refractivity contribution >= 4 is 27.7 Å². The number of nitrogens with one attached hydrogen (secondary N) is 1. The van der Waals surface area contributed by atoms with Crippen LogP contribution in [-0.2, 0) is 9.53 Å². The van der Waals surface area contributed by atoms with E-state index in [9.17, 15) is 9.59 Å². The van der Waals surface area contributed by atoms with Crippen LogP contribution in [0.15, 0.2) is 21.2 Å². The molecular formula is C12H15BrN2O5. The number of nitrogens with zero attached hydrogens (tertiary/aromatic N) is 1. The first-order chi connectivity index (χ1) is 9.60. The highest BCUT2D eigenvalue weighted by Crippen LogP contribution is 2.13. The molecule has 0 bridgehead atoms. The van der Waals surface area contributed by atoms with Gasteiger partial charge in [0, 0.05) is 13.1 Å². The van der Waals surface area contributed by atoms with Gasteiger partial charge < -0.3 is 24.5 Å².